The third-order valence-electron chi connectivity index (χ3n) is 2.26. The number of nitrogens with zero attached hydrogens (tertiary/aromatic N) is 2. The summed E-state index contributed by atoms with van der Waals surface area (Å²) in [6.45, 7) is 5.85. The Balaban J connectivity index is 2.04. The molecular formula is C12H20ClN3O2. The van der Waals surface area contributed by atoms with Gasteiger partial charge in [-0.15, -0.1) is 0 Å². The van der Waals surface area contributed by atoms with Crippen LogP contribution in [-0.4, -0.2) is 34.9 Å². The Kier molecular flexibility index (Phi) is 6.75. The summed E-state index contributed by atoms with van der Waals surface area (Å²) in [5.74, 6) is 0.0196. The summed E-state index contributed by atoms with van der Waals surface area (Å²) in [5, 5.41) is 7.43. The summed E-state index contributed by atoms with van der Waals surface area (Å²) < 4.78 is 7.03. The number of rotatable bonds is 8. The van der Waals surface area contributed by atoms with Gasteiger partial charge in [-0.25, -0.2) is 0 Å². The monoisotopic (exact) mass is 273 g/mol. The molecule has 0 aliphatic carbocycles. The van der Waals surface area contributed by atoms with E-state index in [1.165, 1.54) is 0 Å². The molecule has 0 bridgehead atoms. The van der Waals surface area contributed by atoms with Crippen LogP contribution >= 0.6 is 11.6 Å². The van der Waals surface area contributed by atoms with Crippen LogP contribution in [0, 0.1) is 0 Å². The van der Waals surface area contributed by atoms with Crippen LogP contribution in [0.1, 0.15) is 26.7 Å². The second-order valence-electron chi connectivity index (χ2n) is 4.29. The topological polar surface area (TPSA) is 56.1 Å². The maximum Gasteiger partial charge on any atom is 0.221 e. The van der Waals surface area contributed by atoms with Crippen LogP contribution in [-0.2, 0) is 16.1 Å². The van der Waals surface area contributed by atoms with Crippen molar-refractivity contribution in [2.45, 2.75) is 39.3 Å². The molecule has 0 saturated heterocycles. The van der Waals surface area contributed by atoms with Crippen molar-refractivity contribution in [3.63, 3.8) is 0 Å². The summed E-state index contributed by atoms with van der Waals surface area (Å²) in [6, 6.07) is 0. The lowest BCUT2D eigenvalue weighted by Crippen LogP contribution is -2.26. The van der Waals surface area contributed by atoms with Gasteiger partial charge >= 0.3 is 0 Å². The first-order valence-corrected chi connectivity index (χ1v) is 6.52. The van der Waals surface area contributed by atoms with Gasteiger partial charge in [0.05, 0.1) is 17.3 Å². The summed E-state index contributed by atoms with van der Waals surface area (Å²) in [7, 11) is 0. The van der Waals surface area contributed by atoms with E-state index in [4.69, 9.17) is 16.3 Å². The third-order valence-corrected chi connectivity index (χ3v) is 2.46. The molecule has 1 aromatic heterocycles. The highest BCUT2D eigenvalue weighted by atomic mass is 35.5. The molecule has 6 heteroatoms. The van der Waals surface area contributed by atoms with Gasteiger partial charge in [-0.05, 0) is 20.3 Å². The van der Waals surface area contributed by atoms with E-state index in [9.17, 15) is 4.79 Å². The van der Waals surface area contributed by atoms with Crippen molar-refractivity contribution in [1.29, 1.82) is 0 Å². The minimum atomic E-state index is 0.0196. The van der Waals surface area contributed by atoms with Crippen LogP contribution < -0.4 is 5.32 Å². The van der Waals surface area contributed by atoms with Crippen LogP contribution in [0.3, 0.4) is 0 Å². The number of aromatic nitrogens is 2. The van der Waals surface area contributed by atoms with E-state index in [1.54, 1.807) is 17.1 Å². The van der Waals surface area contributed by atoms with Gasteiger partial charge in [0.15, 0.2) is 0 Å². The fraction of sp³-hybridized carbons (Fsp3) is 0.667. The lowest BCUT2D eigenvalue weighted by molar-refractivity contribution is -0.121. The van der Waals surface area contributed by atoms with E-state index < -0.39 is 0 Å². The van der Waals surface area contributed by atoms with Crippen molar-refractivity contribution in [1.82, 2.24) is 15.1 Å². The molecule has 0 aliphatic rings. The Morgan fingerprint density at radius 1 is 1.61 bits per heavy atom. The van der Waals surface area contributed by atoms with Crippen molar-refractivity contribution in [3.8, 4) is 0 Å². The Hall–Kier alpha value is -1.07. The highest BCUT2D eigenvalue weighted by Crippen LogP contribution is 2.04. The average molecular weight is 274 g/mol. The summed E-state index contributed by atoms with van der Waals surface area (Å²) in [4.78, 5) is 11.5. The maximum atomic E-state index is 11.5. The van der Waals surface area contributed by atoms with E-state index in [0.29, 0.717) is 31.1 Å². The normalized spacial score (nSPS) is 10.9. The Bertz CT molecular complexity index is 366. The van der Waals surface area contributed by atoms with Crippen molar-refractivity contribution < 1.29 is 9.53 Å². The quantitative estimate of drug-likeness (QED) is 0.736. The number of carbonyl (C=O) groups excluding carboxylic acids is 1. The number of aryl methyl sites for hydroxylation is 1. The number of amides is 1. The second kappa shape index (κ2) is 8.11. The molecule has 1 aromatic rings. The minimum absolute atomic E-state index is 0.0196. The Morgan fingerprint density at radius 2 is 2.39 bits per heavy atom. The molecule has 1 amide bonds. The van der Waals surface area contributed by atoms with Crippen LogP contribution in [0.2, 0.25) is 5.02 Å². The van der Waals surface area contributed by atoms with E-state index in [2.05, 4.69) is 10.4 Å². The van der Waals surface area contributed by atoms with Gasteiger partial charge < -0.3 is 10.1 Å². The van der Waals surface area contributed by atoms with Crippen molar-refractivity contribution in [2.75, 3.05) is 13.2 Å². The predicted molar refractivity (Wildman–Crippen MR) is 70.6 cm³/mol. The zero-order chi connectivity index (χ0) is 13.4. The first-order valence-electron chi connectivity index (χ1n) is 6.14. The summed E-state index contributed by atoms with van der Waals surface area (Å²) in [6.07, 6.45) is 4.74. The molecule has 0 atom stereocenters. The molecule has 0 spiro atoms. The highest BCUT2D eigenvalue weighted by molar-refractivity contribution is 6.30. The lowest BCUT2D eigenvalue weighted by atomic mass is 10.3. The van der Waals surface area contributed by atoms with Crippen LogP contribution in [0.25, 0.3) is 0 Å². The van der Waals surface area contributed by atoms with Crippen molar-refractivity contribution in [2.24, 2.45) is 0 Å². The summed E-state index contributed by atoms with van der Waals surface area (Å²) >= 11 is 5.72. The average Bonchev–Trinajstić information content (AvgIpc) is 2.71. The molecule has 0 aliphatic heterocycles. The third kappa shape index (κ3) is 6.61. The Labute approximate surface area is 112 Å². The zero-order valence-electron chi connectivity index (χ0n) is 10.9. The molecule has 5 nitrogen and oxygen atoms in total. The van der Waals surface area contributed by atoms with Crippen LogP contribution in [0.15, 0.2) is 12.4 Å². The molecule has 0 aromatic carbocycles. The van der Waals surface area contributed by atoms with Gasteiger partial charge in [0.1, 0.15) is 0 Å². The number of ether oxygens (including phenoxy) is 1. The first kappa shape index (κ1) is 15.0. The van der Waals surface area contributed by atoms with Crippen molar-refractivity contribution >= 4 is 17.5 Å². The Morgan fingerprint density at radius 3 is 3.00 bits per heavy atom. The molecular weight excluding hydrogens is 254 g/mol. The fourth-order valence-corrected chi connectivity index (χ4v) is 1.54. The highest BCUT2D eigenvalue weighted by Gasteiger charge is 2.02. The van der Waals surface area contributed by atoms with Crippen LogP contribution in [0.4, 0.5) is 0 Å². The maximum absolute atomic E-state index is 11.5. The molecule has 0 fully saturated rings. The zero-order valence-corrected chi connectivity index (χ0v) is 11.6. The predicted octanol–water partition coefficient (Wildman–Crippen LogP) is 1.86. The van der Waals surface area contributed by atoms with E-state index >= 15 is 0 Å². The number of halogens is 1. The van der Waals surface area contributed by atoms with Crippen molar-refractivity contribution in [3.05, 3.63) is 17.4 Å². The van der Waals surface area contributed by atoms with Gasteiger partial charge in [0.2, 0.25) is 5.91 Å². The van der Waals surface area contributed by atoms with Gasteiger partial charge in [0, 0.05) is 32.3 Å². The van der Waals surface area contributed by atoms with E-state index in [1.807, 2.05) is 13.8 Å². The van der Waals surface area contributed by atoms with Crippen LogP contribution in [0.5, 0.6) is 0 Å². The molecule has 1 heterocycles. The van der Waals surface area contributed by atoms with Gasteiger partial charge in [-0.2, -0.15) is 5.10 Å². The van der Waals surface area contributed by atoms with E-state index in [-0.39, 0.29) is 12.0 Å². The number of nitrogens with one attached hydrogen (secondary N) is 1. The standard InChI is InChI=1S/C12H20ClN3O2/c1-10(2)18-7-3-5-14-12(17)4-6-16-9-11(13)8-15-16/h8-10H,3-7H2,1-2H3,(H,14,17). The molecule has 0 radical (unpaired) electrons. The molecule has 0 unspecified atom stereocenters. The molecule has 0 saturated carbocycles. The second-order valence-corrected chi connectivity index (χ2v) is 4.73. The summed E-state index contributed by atoms with van der Waals surface area (Å²) in [5.41, 5.74) is 0. The number of hydrogen-bond donors (Lipinski definition) is 1. The molecule has 1 N–H and O–H groups in total. The fourth-order valence-electron chi connectivity index (χ4n) is 1.38. The first-order chi connectivity index (χ1) is 8.58. The van der Waals surface area contributed by atoms with Gasteiger partial charge in [0.25, 0.3) is 0 Å². The van der Waals surface area contributed by atoms with Gasteiger partial charge in [-0.3, -0.25) is 9.48 Å². The molecule has 1 rings (SSSR count). The molecule has 102 valence electrons. The SMILES string of the molecule is CC(C)OCCCNC(=O)CCn1cc(Cl)cn1. The number of hydrogen-bond acceptors (Lipinski definition) is 3. The number of carbonyl (C=O) groups is 1. The minimum Gasteiger partial charge on any atom is -0.379 e. The smallest absolute Gasteiger partial charge is 0.221 e. The molecule has 18 heavy (non-hydrogen) atoms. The van der Waals surface area contributed by atoms with E-state index in [0.717, 1.165) is 6.42 Å². The van der Waals surface area contributed by atoms with Gasteiger partial charge in [-0.1, -0.05) is 11.6 Å². The largest absolute Gasteiger partial charge is 0.379 e. The lowest BCUT2D eigenvalue weighted by Gasteiger charge is -2.08.